The van der Waals surface area contributed by atoms with Gasteiger partial charge in [-0.15, -0.1) is 0 Å². The van der Waals surface area contributed by atoms with Crippen LogP contribution in [0.5, 0.6) is 0 Å². The topological polar surface area (TPSA) is 83.0 Å². The number of likely N-dealkylation sites (N-methyl/N-ethyl adjacent to an activating group) is 1. The molecule has 0 aliphatic rings. The van der Waals surface area contributed by atoms with Crippen LogP contribution in [0.4, 0.5) is 21.7 Å². The summed E-state index contributed by atoms with van der Waals surface area (Å²) in [5.74, 6) is 0.0531. The van der Waals surface area contributed by atoms with Gasteiger partial charge in [0.05, 0.1) is 16.7 Å². The van der Waals surface area contributed by atoms with E-state index in [0.29, 0.717) is 34.8 Å². The first kappa shape index (κ1) is 19.7. The molecule has 2 aromatic heterocycles. The minimum absolute atomic E-state index is 0.00231. The van der Waals surface area contributed by atoms with E-state index in [4.69, 9.17) is 11.6 Å². The minimum Gasteiger partial charge on any atom is -0.340 e. The van der Waals surface area contributed by atoms with E-state index in [1.54, 1.807) is 24.4 Å². The van der Waals surface area contributed by atoms with Crippen molar-refractivity contribution in [1.82, 2.24) is 19.9 Å². The van der Waals surface area contributed by atoms with Gasteiger partial charge in [-0.25, -0.2) is 19.3 Å². The van der Waals surface area contributed by atoms with Crippen molar-refractivity contribution in [3.8, 4) is 0 Å². The van der Waals surface area contributed by atoms with E-state index in [2.05, 4.69) is 25.6 Å². The average molecular weight is 401 g/mol. The first-order valence-electron chi connectivity index (χ1n) is 8.37. The molecule has 144 valence electrons. The summed E-state index contributed by atoms with van der Waals surface area (Å²) in [6.07, 6.45) is 6.14. The molecule has 0 bridgehead atoms. The quantitative estimate of drug-likeness (QED) is 0.615. The Balaban J connectivity index is 1.84. The van der Waals surface area contributed by atoms with Crippen molar-refractivity contribution in [2.45, 2.75) is 0 Å². The number of benzene rings is 1. The molecular weight excluding hydrogens is 383 g/mol. The highest BCUT2D eigenvalue weighted by Crippen LogP contribution is 2.26. The zero-order chi connectivity index (χ0) is 20.1. The van der Waals surface area contributed by atoms with Gasteiger partial charge in [0.2, 0.25) is 5.91 Å². The van der Waals surface area contributed by atoms with Crippen molar-refractivity contribution in [2.24, 2.45) is 0 Å². The van der Waals surface area contributed by atoms with Crippen LogP contribution in [0.25, 0.3) is 10.9 Å². The second kappa shape index (κ2) is 8.73. The van der Waals surface area contributed by atoms with Crippen LogP contribution in [0, 0.1) is 5.82 Å². The highest BCUT2D eigenvalue weighted by atomic mass is 35.5. The number of hydrogen-bond donors (Lipinski definition) is 2. The number of carbonyl (C=O) groups is 1. The molecule has 0 fully saturated rings. The number of nitrogens with one attached hydrogen (secondary N) is 2. The number of halogens is 2. The second-order valence-corrected chi connectivity index (χ2v) is 6.62. The fraction of sp³-hybridized carbons (Fsp3) is 0.158. The number of hydrogen-bond acceptors (Lipinski definition) is 6. The molecule has 1 amide bonds. The first-order chi connectivity index (χ1) is 13.4. The molecule has 0 saturated heterocycles. The van der Waals surface area contributed by atoms with Crippen molar-refractivity contribution in [1.29, 1.82) is 0 Å². The van der Waals surface area contributed by atoms with Crippen molar-refractivity contribution >= 4 is 45.7 Å². The van der Waals surface area contributed by atoms with Gasteiger partial charge in [-0.05, 0) is 38.4 Å². The smallest absolute Gasteiger partial charge is 0.249 e. The summed E-state index contributed by atoms with van der Waals surface area (Å²) >= 11 is 5.83. The van der Waals surface area contributed by atoms with Crippen LogP contribution >= 0.6 is 11.6 Å². The number of fused-ring (bicyclic) bond motifs is 1. The maximum Gasteiger partial charge on any atom is 0.249 e. The van der Waals surface area contributed by atoms with Crippen LogP contribution in [0.2, 0.25) is 5.02 Å². The fourth-order valence-corrected chi connectivity index (χ4v) is 2.56. The molecule has 7 nitrogen and oxygen atoms in total. The van der Waals surface area contributed by atoms with E-state index in [-0.39, 0.29) is 10.9 Å². The molecule has 0 radical (unpaired) electrons. The summed E-state index contributed by atoms with van der Waals surface area (Å²) in [4.78, 5) is 26.6. The molecule has 0 unspecified atom stereocenters. The molecule has 0 spiro atoms. The Bertz CT molecular complexity index is 1040. The Hall–Kier alpha value is -3.10. The molecule has 1 aromatic carbocycles. The third-order valence-electron chi connectivity index (χ3n) is 3.70. The highest BCUT2D eigenvalue weighted by molar-refractivity contribution is 6.31. The lowest BCUT2D eigenvalue weighted by Crippen LogP contribution is -2.13. The van der Waals surface area contributed by atoms with E-state index >= 15 is 0 Å². The van der Waals surface area contributed by atoms with Gasteiger partial charge < -0.3 is 15.5 Å². The number of amides is 1. The van der Waals surface area contributed by atoms with Crippen LogP contribution in [0.15, 0.2) is 48.9 Å². The van der Waals surface area contributed by atoms with E-state index in [0.717, 1.165) is 0 Å². The largest absolute Gasteiger partial charge is 0.340 e. The summed E-state index contributed by atoms with van der Waals surface area (Å²) in [5.41, 5.74) is 1.16. The maximum absolute atomic E-state index is 13.4. The number of aromatic nitrogens is 3. The number of carbonyl (C=O) groups excluding carboxylic acids is 1. The molecule has 0 saturated carbocycles. The van der Waals surface area contributed by atoms with Gasteiger partial charge in [0, 0.05) is 23.7 Å². The van der Waals surface area contributed by atoms with Gasteiger partial charge in [0.1, 0.15) is 23.8 Å². The number of pyridine rings is 1. The van der Waals surface area contributed by atoms with Gasteiger partial charge in [-0.2, -0.15) is 0 Å². The van der Waals surface area contributed by atoms with E-state index < -0.39 is 5.82 Å². The standard InChI is InChI=1S/C19H18ClFN6O/c1-27(2)7-3-4-18(28)26-17-9-13-16(10-22-17)23-11-24-19(13)25-12-5-6-15(21)14(20)8-12/h3-6,8-11H,7H2,1-2H3,(H,22,26,28)(H,23,24,25). The Morgan fingerprint density at radius 2 is 2.07 bits per heavy atom. The van der Waals surface area contributed by atoms with E-state index in [9.17, 15) is 9.18 Å². The maximum atomic E-state index is 13.4. The SMILES string of the molecule is CN(C)CC=CC(=O)Nc1cc2c(Nc3ccc(F)c(Cl)c3)ncnc2cn1. The minimum atomic E-state index is -0.503. The fourth-order valence-electron chi connectivity index (χ4n) is 2.38. The summed E-state index contributed by atoms with van der Waals surface area (Å²) < 4.78 is 13.4. The van der Waals surface area contributed by atoms with Crippen LogP contribution in [0.3, 0.4) is 0 Å². The monoisotopic (exact) mass is 400 g/mol. The lowest BCUT2D eigenvalue weighted by molar-refractivity contribution is -0.111. The van der Waals surface area contributed by atoms with Crippen LogP contribution in [-0.4, -0.2) is 46.4 Å². The van der Waals surface area contributed by atoms with E-state index in [1.165, 1.54) is 24.5 Å². The van der Waals surface area contributed by atoms with Gasteiger partial charge >= 0.3 is 0 Å². The molecule has 3 aromatic rings. The van der Waals surface area contributed by atoms with E-state index in [1.807, 2.05) is 19.0 Å². The third-order valence-corrected chi connectivity index (χ3v) is 3.98. The zero-order valence-electron chi connectivity index (χ0n) is 15.3. The van der Waals surface area contributed by atoms with Crippen molar-refractivity contribution in [3.05, 3.63) is 59.8 Å². The van der Waals surface area contributed by atoms with Crippen molar-refractivity contribution in [2.75, 3.05) is 31.3 Å². The van der Waals surface area contributed by atoms with Crippen LogP contribution in [-0.2, 0) is 4.79 Å². The molecule has 0 aliphatic heterocycles. The Morgan fingerprint density at radius 1 is 1.25 bits per heavy atom. The van der Waals surface area contributed by atoms with Gasteiger partial charge in [-0.3, -0.25) is 4.79 Å². The normalized spacial score (nSPS) is 11.3. The molecule has 2 heterocycles. The zero-order valence-corrected chi connectivity index (χ0v) is 16.0. The molecule has 0 atom stereocenters. The lowest BCUT2D eigenvalue weighted by Gasteiger charge is -2.10. The number of anilines is 3. The molecule has 3 rings (SSSR count). The van der Waals surface area contributed by atoms with Gasteiger partial charge in [-0.1, -0.05) is 17.7 Å². The molecular formula is C19H18ClFN6O. The Labute approximate surface area is 166 Å². The summed E-state index contributed by atoms with van der Waals surface area (Å²) in [6.45, 7) is 0.653. The second-order valence-electron chi connectivity index (χ2n) is 6.22. The van der Waals surface area contributed by atoms with Crippen molar-refractivity contribution < 1.29 is 9.18 Å². The predicted molar refractivity (Wildman–Crippen MR) is 108 cm³/mol. The predicted octanol–water partition coefficient (Wildman–Crippen LogP) is 3.62. The lowest BCUT2D eigenvalue weighted by atomic mass is 10.2. The molecule has 28 heavy (non-hydrogen) atoms. The third kappa shape index (κ3) is 4.99. The number of rotatable bonds is 6. The van der Waals surface area contributed by atoms with Gasteiger partial charge in [0.15, 0.2) is 0 Å². The van der Waals surface area contributed by atoms with Gasteiger partial charge in [0.25, 0.3) is 0 Å². The molecule has 2 N–H and O–H groups in total. The first-order valence-corrected chi connectivity index (χ1v) is 8.75. The summed E-state index contributed by atoms with van der Waals surface area (Å²) in [6, 6.07) is 5.95. The highest BCUT2D eigenvalue weighted by Gasteiger charge is 2.09. The molecule has 9 heteroatoms. The molecule has 0 aliphatic carbocycles. The van der Waals surface area contributed by atoms with Crippen LogP contribution < -0.4 is 10.6 Å². The Morgan fingerprint density at radius 3 is 2.82 bits per heavy atom. The van der Waals surface area contributed by atoms with Crippen LogP contribution in [0.1, 0.15) is 0 Å². The average Bonchev–Trinajstić information content (AvgIpc) is 2.65. The summed E-state index contributed by atoms with van der Waals surface area (Å²) in [5, 5.41) is 6.43. The van der Waals surface area contributed by atoms with Crippen molar-refractivity contribution in [3.63, 3.8) is 0 Å². The Kier molecular flexibility index (Phi) is 6.13. The number of nitrogens with zero attached hydrogens (tertiary/aromatic N) is 4. The summed E-state index contributed by atoms with van der Waals surface area (Å²) in [7, 11) is 3.83.